The van der Waals surface area contributed by atoms with Crippen LogP contribution in [-0.2, 0) is 18.4 Å². The molecule has 1 aliphatic rings. The van der Waals surface area contributed by atoms with Crippen LogP contribution in [0, 0.1) is 0 Å². The predicted octanol–water partition coefficient (Wildman–Crippen LogP) is 2.38. The molecule has 0 saturated carbocycles. The van der Waals surface area contributed by atoms with Gasteiger partial charge in [0.25, 0.3) is 0 Å². The van der Waals surface area contributed by atoms with Gasteiger partial charge in [0.2, 0.25) is 0 Å². The van der Waals surface area contributed by atoms with Crippen LogP contribution in [0.2, 0.25) is 0 Å². The van der Waals surface area contributed by atoms with Crippen LogP contribution < -0.4 is 10.5 Å². The monoisotopic (exact) mass is 205 g/mol. The molecule has 1 aromatic carbocycles. The van der Waals surface area contributed by atoms with Crippen LogP contribution >= 0.6 is 0 Å². The molecule has 0 spiro atoms. The van der Waals surface area contributed by atoms with E-state index in [9.17, 15) is 0 Å². The van der Waals surface area contributed by atoms with Gasteiger partial charge in [0.05, 0.1) is 7.11 Å². The maximum Gasteiger partial charge on any atom is 0.122 e. The first-order valence-corrected chi connectivity index (χ1v) is 5.52. The minimum atomic E-state index is -0.249. The molecule has 0 atom stereocenters. The third-order valence-corrected chi connectivity index (χ3v) is 3.16. The molecular formula is C13H19NO. The number of methoxy groups -OCH3 is 1. The number of rotatable bonds is 2. The second kappa shape index (κ2) is 3.53. The number of hydrogen-bond acceptors (Lipinski definition) is 2. The fourth-order valence-corrected chi connectivity index (χ4v) is 2.47. The molecule has 0 amide bonds. The Balaban J connectivity index is 2.57. The molecule has 2 heteroatoms. The molecule has 82 valence electrons. The van der Waals surface area contributed by atoms with E-state index in [0.717, 1.165) is 18.6 Å². The maximum atomic E-state index is 6.18. The summed E-state index contributed by atoms with van der Waals surface area (Å²) in [6.45, 7) is 4.13. The Morgan fingerprint density at radius 1 is 1.20 bits per heavy atom. The van der Waals surface area contributed by atoms with Gasteiger partial charge in [-0.3, -0.25) is 0 Å². The molecule has 0 unspecified atom stereocenters. The summed E-state index contributed by atoms with van der Waals surface area (Å²) in [6, 6.07) is 4.16. The molecule has 1 aliphatic carbocycles. The average Bonchev–Trinajstić information content (AvgIpc) is 2.62. The summed E-state index contributed by atoms with van der Waals surface area (Å²) < 4.78 is 5.38. The highest BCUT2D eigenvalue weighted by Gasteiger charge is 2.25. The lowest BCUT2D eigenvalue weighted by Crippen LogP contribution is -2.30. The Hall–Kier alpha value is -1.02. The normalized spacial score (nSPS) is 15.2. The Morgan fingerprint density at radius 3 is 2.47 bits per heavy atom. The van der Waals surface area contributed by atoms with E-state index >= 15 is 0 Å². The van der Waals surface area contributed by atoms with Crippen LogP contribution in [0.4, 0.5) is 0 Å². The van der Waals surface area contributed by atoms with Crippen molar-refractivity contribution in [3.8, 4) is 5.75 Å². The van der Waals surface area contributed by atoms with Crippen molar-refractivity contribution in [3.05, 3.63) is 28.8 Å². The van der Waals surface area contributed by atoms with Crippen molar-refractivity contribution in [1.82, 2.24) is 0 Å². The van der Waals surface area contributed by atoms with Gasteiger partial charge in [-0.15, -0.1) is 0 Å². The number of nitrogens with two attached hydrogens (primary N) is 1. The second-order valence-corrected chi connectivity index (χ2v) is 4.85. The lowest BCUT2D eigenvalue weighted by Gasteiger charge is -2.23. The highest BCUT2D eigenvalue weighted by atomic mass is 16.5. The van der Waals surface area contributed by atoms with Crippen molar-refractivity contribution >= 4 is 0 Å². The fraction of sp³-hybridized carbons (Fsp3) is 0.538. The van der Waals surface area contributed by atoms with E-state index in [1.54, 1.807) is 7.11 Å². The molecule has 0 bridgehead atoms. The highest BCUT2D eigenvalue weighted by Crippen LogP contribution is 2.36. The molecule has 2 nitrogen and oxygen atoms in total. The van der Waals surface area contributed by atoms with E-state index in [4.69, 9.17) is 10.5 Å². The average molecular weight is 205 g/mol. The van der Waals surface area contributed by atoms with Crippen LogP contribution in [0.5, 0.6) is 5.75 Å². The summed E-state index contributed by atoms with van der Waals surface area (Å²) in [5, 5.41) is 0. The van der Waals surface area contributed by atoms with Crippen molar-refractivity contribution in [3.63, 3.8) is 0 Å². The Kier molecular flexibility index (Phi) is 2.47. The summed E-state index contributed by atoms with van der Waals surface area (Å²) in [6.07, 6.45) is 3.49. The largest absolute Gasteiger partial charge is 0.496 e. The quantitative estimate of drug-likeness (QED) is 0.804. The van der Waals surface area contributed by atoms with E-state index in [2.05, 4.69) is 19.9 Å². The molecular weight excluding hydrogens is 186 g/mol. The van der Waals surface area contributed by atoms with E-state index < -0.39 is 0 Å². The van der Waals surface area contributed by atoms with Crippen molar-refractivity contribution in [2.24, 2.45) is 5.73 Å². The number of ether oxygens (including phenoxy) is 1. The van der Waals surface area contributed by atoms with E-state index in [1.807, 2.05) is 6.07 Å². The SMILES string of the molecule is COc1ccc(C(C)(C)N)c2c1CCC2. The third-order valence-electron chi connectivity index (χ3n) is 3.16. The number of fused-ring (bicyclic) bond motifs is 1. The molecule has 0 saturated heterocycles. The molecule has 0 radical (unpaired) electrons. The van der Waals surface area contributed by atoms with Crippen molar-refractivity contribution < 1.29 is 4.74 Å². The molecule has 0 aliphatic heterocycles. The lowest BCUT2D eigenvalue weighted by atomic mass is 9.89. The van der Waals surface area contributed by atoms with Gasteiger partial charge < -0.3 is 10.5 Å². The smallest absolute Gasteiger partial charge is 0.122 e. The Morgan fingerprint density at radius 2 is 1.87 bits per heavy atom. The van der Waals surface area contributed by atoms with Gasteiger partial charge in [-0.05, 0) is 55.9 Å². The molecule has 2 rings (SSSR count). The zero-order valence-electron chi connectivity index (χ0n) is 9.76. The van der Waals surface area contributed by atoms with Crippen LogP contribution in [0.1, 0.15) is 37.0 Å². The predicted molar refractivity (Wildman–Crippen MR) is 62.2 cm³/mol. The first-order valence-electron chi connectivity index (χ1n) is 5.52. The zero-order valence-corrected chi connectivity index (χ0v) is 9.76. The minimum absolute atomic E-state index is 0.249. The summed E-state index contributed by atoms with van der Waals surface area (Å²) in [7, 11) is 1.74. The van der Waals surface area contributed by atoms with Crippen LogP contribution in [0.15, 0.2) is 12.1 Å². The number of benzene rings is 1. The van der Waals surface area contributed by atoms with Gasteiger partial charge in [0, 0.05) is 5.54 Å². The number of hydrogen-bond donors (Lipinski definition) is 1. The first-order chi connectivity index (χ1) is 7.04. The minimum Gasteiger partial charge on any atom is -0.496 e. The zero-order chi connectivity index (χ0) is 11.1. The van der Waals surface area contributed by atoms with Crippen molar-refractivity contribution in [2.45, 2.75) is 38.6 Å². The standard InChI is InChI=1S/C13H19NO/c1-13(2,14)11-7-8-12(15-3)10-6-4-5-9(10)11/h7-8H,4-6,14H2,1-3H3. The Bertz CT molecular complexity index is 377. The summed E-state index contributed by atoms with van der Waals surface area (Å²) in [5.41, 5.74) is 9.99. The first kappa shape index (κ1) is 10.5. The van der Waals surface area contributed by atoms with Gasteiger partial charge in [-0.2, -0.15) is 0 Å². The second-order valence-electron chi connectivity index (χ2n) is 4.85. The van der Waals surface area contributed by atoms with E-state index in [1.165, 1.54) is 23.1 Å². The molecule has 0 fully saturated rings. The van der Waals surface area contributed by atoms with Crippen molar-refractivity contribution in [1.29, 1.82) is 0 Å². The van der Waals surface area contributed by atoms with Crippen LogP contribution in [0.25, 0.3) is 0 Å². The molecule has 2 N–H and O–H groups in total. The van der Waals surface area contributed by atoms with E-state index in [-0.39, 0.29) is 5.54 Å². The fourth-order valence-electron chi connectivity index (χ4n) is 2.47. The van der Waals surface area contributed by atoms with Gasteiger partial charge >= 0.3 is 0 Å². The molecule has 1 aromatic rings. The van der Waals surface area contributed by atoms with Gasteiger partial charge in [-0.25, -0.2) is 0 Å². The maximum absolute atomic E-state index is 6.18. The van der Waals surface area contributed by atoms with Gasteiger partial charge in [0.15, 0.2) is 0 Å². The summed E-state index contributed by atoms with van der Waals surface area (Å²) >= 11 is 0. The Labute approximate surface area is 91.4 Å². The molecule has 0 heterocycles. The van der Waals surface area contributed by atoms with Gasteiger partial charge in [0.1, 0.15) is 5.75 Å². The van der Waals surface area contributed by atoms with Crippen LogP contribution in [-0.4, -0.2) is 7.11 Å². The van der Waals surface area contributed by atoms with Crippen LogP contribution in [0.3, 0.4) is 0 Å². The topological polar surface area (TPSA) is 35.2 Å². The third kappa shape index (κ3) is 1.74. The molecule has 15 heavy (non-hydrogen) atoms. The molecule has 0 aromatic heterocycles. The highest BCUT2D eigenvalue weighted by molar-refractivity contribution is 5.49. The van der Waals surface area contributed by atoms with Crippen molar-refractivity contribution in [2.75, 3.05) is 7.11 Å². The summed E-state index contributed by atoms with van der Waals surface area (Å²) in [4.78, 5) is 0. The van der Waals surface area contributed by atoms with E-state index in [0.29, 0.717) is 0 Å². The van der Waals surface area contributed by atoms with Gasteiger partial charge in [-0.1, -0.05) is 6.07 Å². The lowest BCUT2D eigenvalue weighted by molar-refractivity contribution is 0.409. The summed E-state index contributed by atoms with van der Waals surface area (Å²) in [5.74, 6) is 1.02.